The molecule has 1 saturated heterocycles. The molecule has 0 aliphatic carbocycles. The molecule has 20 heavy (non-hydrogen) atoms. The molecule has 1 atom stereocenters. The number of ether oxygens (including phenoxy) is 1. The van der Waals surface area contributed by atoms with E-state index in [1.54, 1.807) is 7.05 Å². The predicted molar refractivity (Wildman–Crippen MR) is 79.6 cm³/mol. The van der Waals surface area contributed by atoms with Crippen molar-refractivity contribution in [1.29, 1.82) is 0 Å². The number of likely N-dealkylation sites (N-methyl/N-ethyl adjacent to an activating group) is 1. The summed E-state index contributed by atoms with van der Waals surface area (Å²) >= 11 is 0. The lowest BCUT2D eigenvalue weighted by Gasteiger charge is -2.15. The highest BCUT2D eigenvalue weighted by Crippen LogP contribution is 2.13. The molecule has 1 aromatic carbocycles. The second-order valence-corrected chi connectivity index (χ2v) is 5.28. The average Bonchev–Trinajstić information content (AvgIpc) is 2.92. The van der Waals surface area contributed by atoms with E-state index in [0.29, 0.717) is 6.54 Å². The number of amides is 1. The van der Waals surface area contributed by atoms with Crippen LogP contribution < -0.4 is 5.32 Å². The van der Waals surface area contributed by atoms with Crippen LogP contribution in [0.1, 0.15) is 18.4 Å². The summed E-state index contributed by atoms with van der Waals surface area (Å²) in [5, 5.41) is 2.66. The molecule has 1 heterocycles. The van der Waals surface area contributed by atoms with Crippen LogP contribution in [0.2, 0.25) is 0 Å². The lowest BCUT2D eigenvalue weighted by Crippen LogP contribution is -2.34. The third kappa shape index (κ3) is 4.94. The second kappa shape index (κ2) is 8.02. The van der Waals surface area contributed by atoms with Crippen LogP contribution in [-0.4, -0.2) is 50.2 Å². The molecule has 0 unspecified atom stereocenters. The van der Waals surface area contributed by atoms with Gasteiger partial charge >= 0.3 is 0 Å². The van der Waals surface area contributed by atoms with Crippen molar-refractivity contribution in [2.24, 2.45) is 0 Å². The monoisotopic (exact) mass is 276 g/mol. The van der Waals surface area contributed by atoms with Crippen LogP contribution in [0.15, 0.2) is 30.3 Å². The third-order valence-electron chi connectivity index (χ3n) is 3.68. The first-order chi connectivity index (χ1) is 9.78. The van der Waals surface area contributed by atoms with Gasteiger partial charge in [-0.1, -0.05) is 30.3 Å². The Hall–Kier alpha value is -1.39. The Kier molecular flexibility index (Phi) is 6.02. The Bertz CT molecular complexity index is 408. The molecule has 1 amide bonds. The number of likely N-dealkylation sites (tertiary alicyclic amines) is 1. The maximum atomic E-state index is 11.3. The van der Waals surface area contributed by atoms with Crippen molar-refractivity contribution in [1.82, 2.24) is 10.2 Å². The minimum atomic E-state index is 0.0785. The molecule has 4 nitrogen and oxygen atoms in total. The van der Waals surface area contributed by atoms with E-state index in [-0.39, 0.29) is 12.0 Å². The highest BCUT2D eigenvalue weighted by atomic mass is 16.5. The summed E-state index contributed by atoms with van der Waals surface area (Å²) in [6.45, 7) is 3.11. The zero-order valence-corrected chi connectivity index (χ0v) is 12.2. The van der Waals surface area contributed by atoms with E-state index in [9.17, 15) is 4.79 Å². The number of aryl methyl sites for hydroxylation is 1. The van der Waals surface area contributed by atoms with Crippen molar-refractivity contribution in [3.05, 3.63) is 35.9 Å². The van der Waals surface area contributed by atoms with Crippen LogP contribution in [0, 0.1) is 0 Å². The minimum Gasteiger partial charge on any atom is -0.377 e. The van der Waals surface area contributed by atoms with Crippen molar-refractivity contribution >= 4 is 5.91 Å². The molecule has 0 saturated carbocycles. The fraction of sp³-hybridized carbons (Fsp3) is 0.562. The van der Waals surface area contributed by atoms with Gasteiger partial charge in [0.2, 0.25) is 5.91 Å². The molecule has 1 fully saturated rings. The Balaban J connectivity index is 1.58. The zero-order chi connectivity index (χ0) is 14.2. The number of hydrogen-bond donors (Lipinski definition) is 1. The van der Waals surface area contributed by atoms with Crippen LogP contribution in [0.4, 0.5) is 0 Å². The molecule has 4 heteroatoms. The van der Waals surface area contributed by atoms with Gasteiger partial charge in [0, 0.05) is 26.7 Å². The van der Waals surface area contributed by atoms with E-state index in [0.717, 1.165) is 39.0 Å². The first-order valence-corrected chi connectivity index (χ1v) is 7.36. The summed E-state index contributed by atoms with van der Waals surface area (Å²) in [7, 11) is 1.68. The minimum absolute atomic E-state index is 0.0785. The lowest BCUT2D eigenvalue weighted by molar-refractivity contribution is -0.121. The number of hydrogen-bond acceptors (Lipinski definition) is 3. The van der Waals surface area contributed by atoms with Crippen LogP contribution in [0.3, 0.4) is 0 Å². The van der Waals surface area contributed by atoms with Gasteiger partial charge in [-0.25, -0.2) is 0 Å². The smallest absolute Gasteiger partial charge is 0.233 e. The summed E-state index contributed by atoms with van der Waals surface area (Å²) in [5.41, 5.74) is 1.36. The Morgan fingerprint density at radius 2 is 2.20 bits per heavy atom. The Morgan fingerprint density at radius 1 is 1.40 bits per heavy atom. The molecule has 1 aliphatic heterocycles. The van der Waals surface area contributed by atoms with Crippen molar-refractivity contribution in [3.63, 3.8) is 0 Å². The second-order valence-electron chi connectivity index (χ2n) is 5.28. The molecule has 0 aromatic heterocycles. The summed E-state index contributed by atoms with van der Waals surface area (Å²) in [4.78, 5) is 13.5. The average molecular weight is 276 g/mol. The molecular weight excluding hydrogens is 252 g/mol. The molecular formula is C16H24N2O2. The van der Waals surface area contributed by atoms with Gasteiger partial charge in [0.25, 0.3) is 0 Å². The summed E-state index contributed by atoms with van der Waals surface area (Å²) < 4.78 is 5.90. The number of nitrogens with zero attached hydrogens (tertiary/aromatic N) is 1. The van der Waals surface area contributed by atoms with E-state index >= 15 is 0 Å². The Labute approximate surface area is 121 Å². The first kappa shape index (κ1) is 15.0. The van der Waals surface area contributed by atoms with Crippen LogP contribution >= 0.6 is 0 Å². The molecule has 1 aromatic rings. The van der Waals surface area contributed by atoms with Gasteiger partial charge in [0.1, 0.15) is 0 Å². The molecule has 0 bridgehead atoms. The van der Waals surface area contributed by atoms with Gasteiger partial charge in [-0.2, -0.15) is 0 Å². The number of nitrogens with one attached hydrogen (secondary N) is 1. The predicted octanol–water partition coefficient (Wildman–Crippen LogP) is 1.46. The van der Waals surface area contributed by atoms with Gasteiger partial charge in [-0.15, -0.1) is 0 Å². The number of carbonyl (C=O) groups excluding carboxylic acids is 1. The highest BCUT2D eigenvalue weighted by molar-refractivity contribution is 5.77. The topological polar surface area (TPSA) is 41.6 Å². The van der Waals surface area contributed by atoms with E-state index in [1.807, 2.05) is 6.07 Å². The van der Waals surface area contributed by atoms with Gasteiger partial charge < -0.3 is 10.1 Å². The summed E-state index contributed by atoms with van der Waals surface area (Å²) in [6.07, 6.45) is 3.43. The molecule has 110 valence electrons. The fourth-order valence-electron chi connectivity index (χ4n) is 2.53. The largest absolute Gasteiger partial charge is 0.377 e. The normalized spacial score (nSPS) is 19.1. The third-order valence-corrected chi connectivity index (χ3v) is 3.68. The van der Waals surface area contributed by atoms with Crippen LogP contribution in [0.25, 0.3) is 0 Å². The van der Waals surface area contributed by atoms with Crippen molar-refractivity contribution < 1.29 is 9.53 Å². The highest BCUT2D eigenvalue weighted by Gasteiger charge is 2.23. The van der Waals surface area contributed by atoms with Crippen molar-refractivity contribution in [3.8, 4) is 0 Å². The number of benzene rings is 1. The van der Waals surface area contributed by atoms with Crippen LogP contribution in [-0.2, 0) is 16.0 Å². The Morgan fingerprint density at radius 3 is 2.95 bits per heavy atom. The van der Waals surface area contributed by atoms with Gasteiger partial charge in [-0.05, 0) is 24.8 Å². The molecule has 0 spiro atoms. The summed E-state index contributed by atoms with van der Waals surface area (Å²) in [5.74, 6) is 0.0785. The lowest BCUT2D eigenvalue weighted by atomic mass is 10.1. The maximum absolute atomic E-state index is 11.3. The van der Waals surface area contributed by atoms with Crippen molar-refractivity contribution in [2.75, 3.05) is 33.3 Å². The van der Waals surface area contributed by atoms with Crippen LogP contribution in [0.5, 0.6) is 0 Å². The quantitative estimate of drug-likeness (QED) is 0.767. The zero-order valence-electron chi connectivity index (χ0n) is 12.2. The van der Waals surface area contributed by atoms with E-state index in [4.69, 9.17) is 4.74 Å². The maximum Gasteiger partial charge on any atom is 0.233 e. The number of carbonyl (C=O) groups is 1. The van der Waals surface area contributed by atoms with E-state index in [2.05, 4.69) is 34.5 Å². The van der Waals surface area contributed by atoms with Gasteiger partial charge in [-0.3, -0.25) is 9.69 Å². The molecule has 1 N–H and O–H groups in total. The molecule has 2 rings (SSSR count). The molecule has 0 radical (unpaired) electrons. The van der Waals surface area contributed by atoms with E-state index < -0.39 is 0 Å². The SMILES string of the molecule is CNC(=O)CN1CC[C@@H](OCCCc2ccccc2)C1. The van der Waals surface area contributed by atoms with Gasteiger partial charge in [0.15, 0.2) is 0 Å². The van der Waals surface area contributed by atoms with Crippen molar-refractivity contribution in [2.45, 2.75) is 25.4 Å². The number of rotatable bonds is 7. The first-order valence-electron chi connectivity index (χ1n) is 7.36. The fourth-order valence-corrected chi connectivity index (χ4v) is 2.53. The van der Waals surface area contributed by atoms with E-state index in [1.165, 1.54) is 5.56 Å². The standard InChI is InChI=1S/C16H24N2O2/c1-17-16(19)13-18-10-9-15(12-18)20-11-5-8-14-6-3-2-4-7-14/h2-4,6-7,15H,5,8-13H2,1H3,(H,17,19)/t15-/m1/s1. The van der Waals surface area contributed by atoms with Gasteiger partial charge in [0.05, 0.1) is 12.6 Å². The summed E-state index contributed by atoms with van der Waals surface area (Å²) in [6, 6.07) is 10.5. The molecule has 1 aliphatic rings.